The normalized spacial score (nSPS) is 16.6. The molecule has 3 nitrogen and oxygen atoms in total. The van der Waals surface area contributed by atoms with Gasteiger partial charge in [-0.15, -0.1) is 11.3 Å². The number of benzene rings is 1. The highest BCUT2D eigenvalue weighted by Gasteiger charge is 2.32. The van der Waals surface area contributed by atoms with Gasteiger partial charge in [0.1, 0.15) is 0 Å². The summed E-state index contributed by atoms with van der Waals surface area (Å²) in [6.07, 6.45) is 4.53. The minimum atomic E-state index is 0.459. The highest BCUT2D eigenvalue weighted by Crippen LogP contribution is 2.44. The number of nitrogens with one attached hydrogen (secondary N) is 2. The predicted molar refractivity (Wildman–Crippen MR) is 79.5 cm³/mol. The van der Waals surface area contributed by atoms with Crippen LogP contribution in [0.3, 0.4) is 0 Å². The quantitative estimate of drug-likeness (QED) is 0.745. The maximum Gasteiger partial charge on any atom is 0.0670 e. The molecule has 19 heavy (non-hydrogen) atoms. The average molecular weight is 269 g/mol. The number of aromatic nitrogens is 2. The molecule has 96 valence electrons. The molecule has 1 saturated carbocycles. The molecule has 2 aromatic heterocycles. The predicted octanol–water partition coefficient (Wildman–Crippen LogP) is 4.19. The summed E-state index contributed by atoms with van der Waals surface area (Å²) in [5.74, 6) is 0.788. The third-order valence-electron chi connectivity index (χ3n) is 3.71. The van der Waals surface area contributed by atoms with Gasteiger partial charge in [0.25, 0.3) is 0 Å². The van der Waals surface area contributed by atoms with Crippen molar-refractivity contribution in [1.82, 2.24) is 10.2 Å². The van der Waals surface area contributed by atoms with E-state index in [9.17, 15) is 0 Å². The lowest BCUT2D eigenvalue weighted by molar-refractivity contribution is 0.691. The molecule has 4 rings (SSSR count). The van der Waals surface area contributed by atoms with Gasteiger partial charge in [0.05, 0.1) is 17.8 Å². The number of rotatable bonds is 4. The lowest BCUT2D eigenvalue weighted by atomic mass is 10.1. The molecule has 2 N–H and O–H groups in total. The second-order valence-electron chi connectivity index (χ2n) is 5.15. The minimum absolute atomic E-state index is 0.459. The molecule has 4 heteroatoms. The molecule has 0 amide bonds. The van der Waals surface area contributed by atoms with E-state index >= 15 is 0 Å². The standard InChI is InChI=1S/C15H15N3S/c1-2-14(19-7-1)15(10-3-4-10)17-12-6-5-11-9-16-18-13(11)8-12/h1-2,5-10,15,17H,3-4H2,(H,16,18). The SMILES string of the molecule is c1csc(C(Nc2ccc3cn[nH]c3c2)C2CC2)c1. The van der Waals surface area contributed by atoms with E-state index in [1.165, 1.54) is 23.4 Å². The van der Waals surface area contributed by atoms with E-state index in [1.54, 1.807) is 0 Å². The van der Waals surface area contributed by atoms with Crippen molar-refractivity contribution in [1.29, 1.82) is 0 Å². The zero-order valence-corrected chi connectivity index (χ0v) is 11.3. The Hall–Kier alpha value is -1.81. The second-order valence-corrected chi connectivity index (χ2v) is 6.13. The second kappa shape index (κ2) is 4.38. The first-order valence-electron chi connectivity index (χ1n) is 6.63. The zero-order valence-electron chi connectivity index (χ0n) is 10.5. The Bertz CT molecular complexity index is 682. The third kappa shape index (κ3) is 2.12. The van der Waals surface area contributed by atoms with Crippen molar-refractivity contribution in [3.63, 3.8) is 0 Å². The van der Waals surface area contributed by atoms with Crippen LogP contribution in [0.5, 0.6) is 0 Å². The molecule has 1 aliphatic carbocycles. The van der Waals surface area contributed by atoms with Crippen molar-refractivity contribution in [2.75, 3.05) is 5.32 Å². The largest absolute Gasteiger partial charge is 0.377 e. The molecular formula is C15H15N3S. The topological polar surface area (TPSA) is 40.7 Å². The smallest absolute Gasteiger partial charge is 0.0670 e. The van der Waals surface area contributed by atoms with Crippen LogP contribution in [-0.2, 0) is 0 Å². The fraction of sp³-hybridized carbons (Fsp3) is 0.267. The van der Waals surface area contributed by atoms with Crippen LogP contribution < -0.4 is 5.32 Å². The van der Waals surface area contributed by atoms with Crippen LogP contribution in [0.2, 0.25) is 0 Å². The summed E-state index contributed by atoms with van der Waals surface area (Å²) in [5.41, 5.74) is 2.26. The van der Waals surface area contributed by atoms with Crippen molar-refractivity contribution < 1.29 is 0 Å². The van der Waals surface area contributed by atoms with Gasteiger partial charge in [-0.1, -0.05) is 6.07 Å². The maximum absolute atomic E-state index is 4.07. The molecule has 2 heterocycles. The highest BCUT2D eigenvalue weighted by molar-refractivity contribution is 7.10. The average Bonchev–Trinajstić information content (AvgIpc) is 2.93. The highest BCUT2D eigenvalue weighted by atomic mass is 32.1. The molecule has 1 unspecified atom stereocenters. The Morgan fingerprint density at radius 2 is 2.26 bits per heavy atom. The van der Waals surface area contributed by atoms with Gasteiger partial charge in [0, 0.05) is 16.0 Å². The molecule has 0 saturated heterocycles. The maximum atomic E-state index is 4.07. The van der Waals surface area contributed by atoms with Gasteiger partial charge in [0.15, 0.2) is 0 Å². The van der Waals surface area contributed by atoms with Crippen molar-refractivity contribution in [3.8, 4) is 0 Å². The Morgan fingerprint density at radius 3 is 3.05 bits per heavy atom. The van der Waals surface area contributed by atoms with Crippen molar-refractivity contribution >= 4 is 27.9 Å². The van der Waals surface area contributed by atoms with Gasteiger partial charge >= 0.3 is 0 Å². The summed E-state index contributed by atoms with van der Waals surface area (Å²) in [6.45, 7) is 0. The van der Waals surface area contributed by atoms with Crippen molar-refractivity contribution in [2.24, 2.45) is 5.92 Å². The lowest BCUT2D eigenvalue weighted by Crippen LogP contribution is -2.11. The lowest BCUT2D eigenvalue weighted by Gasteiger charge is -2.18. The molecule has 0 spiro atoms. The van der Waals surface area contributed by atoms with Crippen LogP contribution in [0, 0.1) is 5.92 Å². The molecule has 0 bridgehead atoms. The molecule has 1 aliphatic rings. The molecule has 0 radical (unpaired) electrons. The Morgan fingerprint density at radius 1 is 1.32 bits per heavy atom. The number of fused-ring (bicyclic) bond motifs is 1. The van der Waals surface area contributed by atoms with Crippen LogP contribution in [0.4, 0.5) is 5.69 Å². The first kappa shape index (κ1) is 11.1. The Labute approximate surface area is 115 Å². The van der Waals surface area contributed by atoms with Gasteiger partial charge in [-0.2, -0.15) is 5.10 Å². The summed E-state index contributed by atoms with van der Waals surface area (Å²) >= 11 is 1.84. The number of thiophene rings is 1. The zero-order chi connectivity index (χ0) is 12.7. The van der Waals surface area contributed by atoms with Gasteiger partial charge in [-0.3, -0.25) is 5.10 Å². The minimum Gasteiger partial charge on any atom is -0.377 e. The number of aromatic amines is 1. The van der Waals surface area contributed by atoms with Gasteiger partial charge in [-0.25, -0.2) is 0 Å². The summed E-state index contributed by atoms with van der Waals surface area (Å²) in [6, 6.07) is 11.2. The van der Waals surface area contributed by atoms with Gasteiger partial charge in [-0.05, 0) is 48.4 Å². The Balaban J connectivity index is 1.64. The van der Waals surface area contributed by atoms with E-state index in [2.05, 4.69) is 51.2 Å². The van der Waals surface area contributed by atoms with Crippen LogP contribution >= 0.6 is 11.3 Å². The van der Waals surface area contributed by atoms with E-state index in [-0.39, 0.29) is 0 Å². The Kier molecular flexibility index (Phi) is 2.55. The van der Waals surface area contributed by atoms with Crippen LogP contribution in [0.1, 0.15) is 23.8 Å². The number of hydrogen-bond acceptors (Lipinski definition) is 3. The molecule has 1 atom stereocenters. The molecule has 3 aromatic rings. The number of H-pyrrole nitrogens is 1. The summed E-state index contributed by atoms with van der Waals surface area (Å²) in [7, 11) is 0. The van der Waals surface area contributed by atoms with E-state index in [0.29, 0.717) is 6.04 Å². The first-order valence-corrected chi connectivity index (χ1v) is 7.51. The molecule has 1 fully saturated rings. The first-order chi connectivity index (χ1) is 9.40. The fourth-order valence-corrected chi connectivity index (χ4v) is 3.39. The van der Waals surface area contributed by atoms with E-state index in [1.807, 2.05) is 17.5 Å². The number of nitrogens with zero attached hydrogens (tertiary/aromatic N) is 1. The number of hydrogen-bond donors (Lipinski definition) is 2. The third-order valence-corrected chi connectivity index (χ3v) is 4.66. The molecular weight excluding hydrogens is 254 g/mol. The van der Waals surface area contributed by atoms with Crippen molar-refractivity contribution in [2.45, 2.75) is 18.9 Å². The van der Waals surface area contributed by atoms with Crippen LogP contribution in [0.25, 0.3) is 10.9 Å². The van der Waals surface area contributed by atoms with Gasteiger partial charge in [0.2, 0.25) is 0 Å². The number of anilines is 1. The van der Waals surface area contributed by atoms with Crippen LogP contribution in [-0.4, -0.2) is 10.2 Å². The van der Waals surface area contributed by atoms with E-state index < -0.39 is 0 Å². The summed E-state index contributed by atoms with van der Waals surface area (Å²) in [4.78, 5) is 1.44. The molecule has 1 aromatic carbocycles. The van der Waals surface area contributed by atoms with Gasteiger partial charge < -0.3 is 5.32 Å². The summed E-state index contributed by atoms with van der Waals surface area (Å²) in [5, 5.41) is 14.1. The van der Waals surface area contributed by atoms with Crippen molar-refractivity contribution in [3.05, 3.63) is 46.8 Å². The monoisotopic (exact) mass is 269 g/mol. The van der Waals surface area contributed by atoms with Crippen LogP contribution in [0.15, 0.2) is 41.9 Å². The summed E-state index contributed by atoms with van der Waals surface area (Å²) < 4.78 is 0. The fourth-order valence-electron chi connectivity index (χ4n) is 2.53. The van der Waals surface area contributed by atoms with E-state index in [0.717, 1.165) is 16.8 Å². The molecule has 0 aliphatic heterocycles. The van der Waals surface area contributed by atoms with E-state index in [4.69, 9.17) is 0 Å².